The van der Waals surface area contributed by atoms with Crippen LogP contribution in [0.2, 0.25) is 0 Å². The largest absolute Gasteiger partial charge is 0.457 e. The van der Waals surface area contributed by atoms with Crippen molar-refractivity contribution in [1.29, 1.82) is 0 Å². The van der Waals surface area contributed by atoms with Crippen LogP contribution < -0.4 is 14.4 Å². The van der Waals surface area contributed by atoms with Crippen molar-refractivity contribution < 1.29 is 22.7 Å². The molecule has 1 N–H and O–H groups in total. The Hall–Kier alpha value is -4.15. The molecule has 44 heavy (non-hydrogen) atoms. The average Bonchev–Trinajstić information content (AvgIpc) is 3.03. The van der Waals surface area contributed by atoms with E-state index in [4.69, 9.17) is 4.74 Å². The van der Waals surface area contributed by atoms with Gasteiger partial charge in [0.05, 0.1) is 10.6 Å². The fraction of sp³-hybridized carbons (Fsp3) is 0.235. The van der Waals surface area contributed by atoms with Gasteiger partial charge in [-0.05, 0) is 79.6 Å². The van der Waals surface area contributed by atoms with Crippen molar-refractivity contribution in [3.63, 3.8) is 0 Å². The molecular weight excluding hydrogens is 642 g/mol. The number of unbranched alkanes of at least 4 members (excludes halogenated alkanes) is 1. The van der Waals surface area contributed by atoms with Crippen LogP contribution in [0.25, 0.3) is 0 Å². The summed E-state index contributed by atoms with van der Waals surface area (Å²) in [5, 5.41) is 2.90. The van der Waals surface area contributed by atoms with Crippen LogP contribution in [-0.2, 0) is 26.2 Å². The highest BCUT2D eigenvalue weighted by Crippen LogP contribution is 2.28. The van der Waals surface area contributed by atoms with Crippen molar-refractivity contribution in [2.45, 2.75) is 44.2 Å². The number of rotatable bonds is 14. The third-order valence-electron chi connectivity index (χ3n) is 6.95. The van der Waals surface area contributed by atoms with E-state index in [2.05, 4.69) is 21.2 Å². The number of para-hydroxylation sites is 1. The maximum atomic E-state index is 14.1. The summed E-state index contributed by atoms with van der Waals surface area (Å²) in [6, 6.07) is 30.3. The number of nitrogens with zero attached hydrogens (tertiary/aromatic N) is 2. The molecule has 0 aromatic heterocycles. The van der Waals surface area contributed by atoms with E-state index < -0.39 is 28.5 Å². The number of ether oxygens (including phenoxy) is 1. The number of benzene rings is 4. The smallest absolute Gasteiger partial charge is 0.264 e. The van der Waals surface area contributed by atoms with Crippen molar-refractivity contribution in [3.05, 3.63) is 119 Å². The number of carbonyl (C=O) groups excluding carboxylic acids is 2. The molecule has 1 atom stereocenters. The van der Waals surface area contributed by atoms with Crippen molar-refractivity contribution in [2.75, 3.05) is 17.4 Å². The molecular formula is C34H36BrN3O5S. The average molecular weight is 679 g/mol. The van der Waals surface area contributed by atoms with Gasteiger partial charge in [-0.2, -0.15) is 0 Å². The lowest BCUT2D eigenvalue weighted by Crippen LogP contribution is -2.51. The molecule has 4 aromatic rings. The third-order valence-corrected chi connectivity index (χ3v) is 9.23. The monoisotopic (exact) mass is 677 g/mol. The fourth-order valence-corrected chi connectivity index (χ4v) is 6.39. The predicted octanol–water partition coefficient (Wildman–Crippen LogP) is 6.77. The highest BCUT2D eigenvalue weighted by Gasteiger charge is 2.32. The first kappa shape index (κ1) is 32.8. The van der Waals surface area contributed by atoms with E-state index in [0.717, 1.165) is 27.2 Å². The zero-order valence-electron chi connectivity index (χ0n) is 24.7. The molecule has 0 heterocycles. The van der Waals surface area contributed by atoms with Gasteiger partial charge in [0.25, 0.3) is 10.0 Å². The van der Waals surface area contributed by atoms with Gasteiger partial charge in [0.1, 0.15) is 24.1 Å². The Morgan fingerprint density at radius 3 is 2.14 bits per heavy atom. The summed E-state index contributed by atoms with van der Waals surface area (Å²) >= 11 is 3.47. The van der Waals surface area contributed by atoms with Gasteiger partial charge < -0.3 is 15.0 Å². The zero-order valence-corrected chi connectivity index (χ0v) is 27.1. The summed E-state index contributed by atoms with van der Waals surface area (Å²) < 4.78 is 35.8. The van der Waals surface area contributed by atoms with Crippen molar-refractivity contribution in [1.82, 2.24) is 10.2 Å². The lowest BCUT2D eigenvalue weighted by atomic mass is 10.1. The van der Waals surface area contributed by atoms with Crippen molar-refractivity contribution in [3.8, 4) is 11.5 Å². The number of carbonyl (C=O) groups is 2. The van der Waals surface area contributed by atoms with Crippen LogP contribution in [-0.4, -0.2) is 44.3 Å². The van der Waals surface area contributed by atoms with Crippen LogP contribution in [0.4, 0.5) is 5.69 Å². The Balaban J connectivity index is 1.67. The molecule has 8 nitrogen and oxygen atoms in total. The molecule has 0 saturated carbocycles. The van der Waals surface area contributed by atoms with Gasteiger partial charge in [-0.15, -0.1) is 0 Å². The molecule has 0 aliphatic rings. The van der Waals surface area contributed by atoms with Crippen LogP contribution in [0.5, 0.6) is 11.5 Å². The molecule has 0 aliphatic heterocycles. The van der Waals surface area contributed by atoms with E-state index in [9.17, 15) is 18.0 Å². The zero-order chi connectivity index (χ0) is 31.5. The quantitative estimate of drug-likeness (QED) is 0.149. The minimum Gasteiger partial charge on any atom is -0.457 e. The number of hydrogen-bond acceptors (Lipinski definition) is 5. The molecule has 2 amide bonds. The first-order valence-electron chi connectivity index (χ1n) is 14.4. The fourth-order valence-electron chi connectivity index (χ4n) is 4.50. The Bertz CT molecular complexity index is 1630. The van der Waals surface area contributed by atoms with Gasteiger partial charge in [0.2, 0.25) is 11.8 Å². The first-order valence-corrected chi connectivity index (χ1v) is 16.6. The summed E-state index contributed by atoms with van der Waals surface area (Å²) in [4.78, 5) is 28.7. The highest BCUT2D eigenvalue weighted by atomic mass is 79.9. The van der Waals surface area contributed by atoms with Crippen molar-refractivity contribution in [2.24, 2.45) is 0 Å². The summed E-state index contributed by atoms with van der Waals surface area (Å²) in [7, 11) is -4.16. The van der Waals surface area contributed by atoms with Gasteiger partial charge in [-0.1, -0.05) is 77.8 Å². The summed E-state index contributed by atoms with van der Waals surface area (Å²) in [6.07, 6.45) is 1.72. The molecule has 0 spiro atoms. The number of hydrogen-bond donors (Lipinski definition) is 1. The Morgan fingerprint density at radius 2 is 1.50 bits per heavy atom. The van der Waals surface area contributed by atoms with Gasteiger partial charge in [0, 0.05) is 17.6 Å². The molecule has 0 bridgehead atoms. The lowest BCUT2D eigenvalue weighted by molar-refractivity contribution is -0.139. The minimum absolute atomic E-state index is 0.0429. The molecule has 230 valence electrons. The van der Waals surface area contributed by atoms with Crippen LogP contribution in [0.15, 0.2) is 119 Å². The van der Waals surface area contributed by atoms with Crippen LogP contribution in [0, 0.1) is 0 Å². The Kier molecular flexibility index (Phi) is 11.6. The van der Waals surface area contributed by atoms with Gasteiger partial charge in [0.15, 0.2) is 0 Å². The van der Waals surface area contributed by atoms with Crippen LogP contribution in [0.1, 0.15) is 32.3 Å². The molecule has 4 rings (SSSR count). The minimum atomic E-state index is -4.16. The number of nitrogens with one attached hydrogen (secondary N) is 1. The Labute approximate surface area is 267 Å². The number of halogens is 1. The third kappa shape index (κ3) is 8.70. The van der Waals surface area contributed by atoms with E-state index in [1.807, 2.05) is 61.5 Å². The molecule has 4 aromatic carbocycles. The highest BCUT2D eigenvalue weighted by molar-refractivity contribution is 9.10. The second-order valence-corrected chi connectivity index (χ2v) is 13.0. The van der Waals surface area contributed by atoms with Crippen LogP contribution in [0.3, 0.4) is 0 Å². The summed E-state index contributed by atoms with van der Waals surface area (Å²) in [5.74, 6) is 0.324. The molecule has 1 unspecified atom stereocenters. The SMILES string of the molecule is CCCCNC(=O)C(C)N(Cc1cccc(Br)c1)C(=O)CN(c1ccc(Oc2ccccc2)cc1)S(=O)(=O)c1ccccc1. The molecule has 0 saturated heterocycles. The van der Waals surface area contributed by atoms with Crippen LogP contribution >= 0.6 is 15.9 Å². The number of anilines is 1. The Morgan fingerprint density at radius 1 is 0.864 bits per heavy atom. The van der Waals surface area contributed by atoms with E-state index in [1.54, 1.807) is 49.4 Å². The molecule has 0 fully saturated rings. The first-order chi connectivity index (χ1) is 21.2. The molecule has 10 heteroatoms. The molecule has 0 radical (unpaired) electrons. The number of amides is 2. The van der Waals surface area contributed by atoms with Crippen molar-refractivity contribution >= 4 is 43.5 Å². The summed E-state index contributed by atoms with van der Waals surface area (Å²) in [5.41, 5.74) is 1.07. The number of sulfonamides is 1. The van der Waals surface area contributed by atoms with Gasteiger partial charge in [-0.25, -0.2) is 8.42 Å². The lowest BCUT2D eigenvalue weighted by Gasteiger charge is -2.32. The topological polar surface area (TPSA) is 96.0 Å². The van der Waals surface area contributed by atoms with E-state index in [0.29, 0.717) is 18.0 Å². The molecule has 0 aliphatic carbocycles. The maximum absolute atomic E-state index is 14.1. The van der Waals surface area contributed by atoms with Gasteiger partial charge >= 0.3 is 0 Å². The standard InChI is InChI=1S/C34H36BrN3O5S/c1-3-4-22-36-34(40)26(2)37(24-27-12-11-13-28(35)23-27)33(39)25-38(44(41,42)32-16-9-6-10-17-32)29-18-20-31(21-19-29)43-30-14-7-5-8-15-30/h5-21,23,26H,3-4,22,24-25H2,1-2H3,(H,36,40). The normalized spacial score (nSPS) is 11.8. The van der Waals surface area contributed by atoms with E-state index in [-0.39, 0.29) is 23.0 Å². The second kappa shape index (κ2) is 15.5. The predicted molar refractivity (Wildman–Crippen MR) is 176 cm³/mol. The second-order valence-electron chi connectivity index (χ2n) is 10.2. The van der Waals surface area contributed by atoms with E-state index in [1.165, 1.54) is 17.0 Å². The van der Waals surface area contributed by atoms with Gasteiger partial charge in [-0.3, -0.25) is 13.9 Å². The maximum Gasteiger partial charge on any atom is 0.264 e. The summed E-state index contributed by atoms with van der Waals surface area (Å²) in [6.45, 7) is 3.77. The van der Waals surface area contributed by atoms with E-state index >= 15 is 0 Å².